The van der Waals surface area contributed by atoms with Crippen molar-refractivity contribution in [2.45, 2.75) is 12.0 Å². The van der Waals surface area contributed by atoms with E-state index in [1.54, 1.807) is 11.8 Å². The van der Waals surface area contributed by atoms with E-state index in [2.05, 4.69) is 5.32 Å². The number of thioether (sulfide) groups is 1. The highest BCUT2D eigenvalue weighted by atomic mass is 32.2. The minimum Gasteiger partial charge on any atom is -0.378 e. The fourth-order valence-electron chi connectivity index (χ4n) is 3.66. The van der Waals surface area contributed by atoms with Crippen LogP contribution in [-0.2, 0) is 20.9 Å². The minimum atomic E-state index is -0.214. The highest BCUT2D eigenvalue weighted by Crippen LogP contribution is 2.42. The molecule has 0 aliphatic carbocycles. The van der Waals surface area contributed by atoms with Crippen molar-refractivity contribution in [1.29, 1.82) is 0 Å². The lowest BCUT2D eigenvalue weighted by Gasteiger charge is -2.25. The van der Waals surface area contributed by atoms with Gasteiger partial charge in [0.25, 0.3) is 0 Å². The monoisotopic (exact) mass is 461 g/mol. The minimum absolute atomic E-state index is 0.0276. The van der Waals surface area contributed by atoms with Gasteiger partial charge in [-0.15, -0.1) is 11.8 Å². The van der Waals surface area contributed by atoms with Crippen LogP contribution in [0.3, 0.4) is 0 Å². The lowest BCUT2D eigenvalue weighted by molar-refractivity contribution is -0.121. The summed E-state index contributed by atoms with van der Waals surface area (Å²) in [6, 6.07) is 25.4. The molecule has 0 saturated carbocycles. The summed E-state index contributed by atoms with van der Waals surface area (Å²) in [7, 11) is 3.97. The Morgan fingerprint density at radius 3 is 2.55 bits per heavy atom. The van der Waals surface area contributed by atoms with Crippen LogP contribution in [0.25, 0.3) is 0 Å². The Kier molecular flexibility index (Phi) is 7.32. The number of ether oxygens (including phenoxy) is 1. The number of nitrogens with zero attached hydrogens (tertiary/aromatic N) is 2. The molecule has 7 heteroatoms. The van der Waals surface area contributed by atoms with Gasteiger partial charge in [-0.25, -0.2) is 0 Å². The molecule has 1 saturated heterocycles. The molecule has 1 heterocycles. The van der Waals surface area contributed by atoms with Crippen molar-refractivity contribution in [3.8, 4) is 0 Å². The Morgan fingerprint density at radius 2 is 1.82 bits per heavy atom. The fraction of sp³-hybridized carbons (Fsp3) is 0.231. The number of rotatable bonds is 8. The van der Waals surface area contributed by atoms with Gasteiger partial charge in [0.1, 0.15) is 12.0 Å². The predicted molar refractivity (Wildman–Crippen MR) is 135 cm³/mol. The number of nitrogens with one attached hydrogen (secondary N) is 1. The number of anilines is 3. The van der Waals surface area contributed by atoms with Gasteiger partial charge in [0.15, 0.2) is 0 Å². The summed E-state index contributed by atoms with van der Waals surface area (Å²) in [5.41, 5.74) is 4.61. The van der Waals surface area contributed by atoms with Gasteiger partial charge in [0.05, 0.1) is 12.4 Å². The van der Waals surface area contributed by atoms with Gasteiger partial charge in [-0.05, 0) is 47.5 Å². The standard InChI is InChI=1S/C26H27N3O3S/c1-28(2)22-11-13-23(14-12-22)29-25(31)18-33-26(29)20-9-6-10-21(15-20)27-24(30)17-32-16-19-7-4-3-5-8-19/h3-15,26H,16-18H2,1-2H3,(H,27,30)/t26-/m1/s1. The first kappa shape index (κ1) is 22.9. The maximum absolute atomic E-state index is 12.7. The molecule has 4 rings (SSSR count). The topological polar surface area (TPSA) is 61.9 Å². The zero-order chi connectivity index (χ0) is 23.2. The molecular formula is C26H27N3O3S. The molecule has 0 radical (unpaired) electrons. The van der Waals surface area contributed by atoms with E-state index in [0.717, 1.165) is 22.5 Å². The van der Waals surface area contributed by atoms with E-state index in [0.29, 0.717) is 18.0 Å². The van der Waals surface area contributed by atoms with Crippen LogP contribution >= 0.6 is 11.8 Å². The normalized spacial score (nSPS) is 15.5. The number of amides is 2. The third-order valence-electron chi connectivity index (χ3n) is 5.31. The molecular weight excluding hydrogens is 434 g/mol. The van der Waals surface area contributed by atoms with Gasteiger partial charge < -0.3 is 15.0 Å². The lowest BCUT2D eigenvalue weighted by Crippen LogP contribution is -2.28. The molecule has 3 aromatic carbocycles. The third kappa shape index (κ3) is 5.74. The highest BCUT2D eigenvalue weighted by Gasteiger charge is 2.34. The number of carbonyl (C=O) groups excluding carboxylic acids is 2. The first-order valence-corrected chi connectivity index (χ1v) is 11.8. The third-order valence-corrected chi connectivity index (χ3v) is 6.52. The molecule has 33 heavy (non-hydrogen) atoms. The van der Waals surface area contributed by atoms with Crippen LogP contribution in [0.15, 0.2) is 78.9 Å². The maximum atomic E-state index is 12.7. The van der Waals surface area contributed by atoms with Crippen LogP contribution in [0.5, 0.6) is 0 Å². The molecule has 0 aromatic heterocycles. The van der Waals surface area contributed by atoms with Crippen molar-refractivity contribution in [3.05, 3.63) is 90.0 Å². The first-order chi connectivity index (χ1) is 16.0. The zero-order valence-corrected chi connectivity index (χ0v) is 19.5. The van der Waals surface area contributed by atoms with Gasteiger partial charge in [-0.2, -0.15) is 0 Å². The smallest absolute Gasteiger partial charge is 0.250 e. The van der Waals surface area contributed by atoms with Gasteiger partial charge >= 0.3 is 0 Å². The molecule has 0 bridgehead atoms. The van der Waals surface area contributed by atoms with E-state index in [1.807, 2.05) is 103 Å². The lowest BCUT2D eigenvalue weighted by atomic mass is 10.1. The fourth-order valence-corrected chi connectivity index (χ4v) is 4.83. The molecule has 6 nitrogen and oxygen atoms in total. The number of hydrogen-bond acceptors (Lipinski definition) is 5. The Bertz CT molecular complexity index is 1100. The molecule has 1 N–H and O–H groups in total. The Balaban J connectivity index is 1.41. The SMILES string of the molecule is CN(C)c1ccc(N2C(=O)CS[C@@H]2c2cccc(NC(=O)COCc3ccccc3)c2)cc1. The number of benzene rings is 3. The average Bonchev–Trinajstić information content (AvgIpc) is 3.21. The van der Waals surface area contributed by atoms with Crippen LogP contribution in [0.1, 0.15) is 16.5 Å². The summed E-state index contributed by atoms with van der Waals surface area (Å²) >= 11 is 1.58. The molecule has 0 spiro atoms. The van der Waals surface area contributed by atoms with Crippen LogP contribution in [-0.4, -0.2) is 38.3 Å². The van der Waals surface area contributed by atoms with E-state index in [4.69, 9.17) is 4.74 Å². The van der Waals surface area contributed by atoms with Crippen LogP contribution < -0.4 is 15.1 Å². The van der Waals surface area contributed by atoms with Crippen LogP contribution in [0.4, 0.5) is 17.1 Å². The van der Waals surface area contributed by atoms with Gasteiger partial charge in [0, 0.05) is 31.2 Å². The van der Waals surface area contributed by atoms with Crippen LogP contribution in [0.2, 0.25) is 0 Å². The van der Waals surface area contributed by atoms with Gasteiger partial charge in [0.2, 0.25) is 11.8 Å². The quantitative estimate of drug-likeness (QED) is 0.528. The van der Waals surface area contributed by atoms with E-state index >= 15 is 0 Å². The second kappa shape index (κ2) is 10.6. The summed E-state index contributed by atoms with van der Waals surface area (Å²) in [5.74, 6) is 0.282. The average molecular weight is 462 g/mol. The second-order valence-electron chi connectivity index (χ2n) is 7.99. The molecule has 3 aromatic rings. The summed E-state index contributed by atoms with van der Waals surface area (Å²) in [6.07, 6.45) is 0. The summed E-state index contributed by atoms with van der Waals surface area (Å²) in [6.45, 7) is 0.358. The molecule has 1 aliphatic rings. The maximum Gasteiger partial charge on any atom is 0.250 e. The highest BCUT2D eigenvalue weighted by molar-refractivity contribution is 8.00. The van der Waals surface area contributed by atoms with Crippen molar-refractivity contribution >= 4 is 40.6 Å². The molecule has 170 valence electrons. The molecule has 0 unspecified atom stereocenters. The Morgan fingerprint density at radius 1 is 1.06 bits per heavy atom. The first-order valence-electron chi connectivity index (χ1n) is 10.7. The van der Waals surface area contributed by atoms with Crippen molar-refractivity contribution in [2.24, 2.45) is 0 Å². The van der Waals surface area contributed by atoms with Gasteiger partial charge in [-0.3, -0.25) is 14.5 Å². The van der Waals surface area contributed by atoms with Crippen molar-refractivity contribution in [2.75, 3.05) is 41.6 Å². The summed E-state index contributed by atoms with van der Waals surface area (Å²) < 4.78 is 5.53. The van der Waals surface area contributed by atoms with E-state index in [1.165, 1.54) is 0 Å². The van der Waals surface area contributed by atoms with E-state index < -0.39 is 0 Å². The zero-order valence-electron chi connectivity index (χ0n) is 18.7. The molecule has 1 atom stereocenters. The summed E-state index contributed by atoms with van der Waals surface area (Å²) in [4.78, 5) is 28.9. The van der Waals surface area contributed by atoms with Crippen LogP contribution in [0, 0.1) is 0 Å². The van der Waals surface area contributed by atoms with Crippen molar-refractivity contribution < 1.29 is 14.3 Å². The second-order valence-corrected chi connectivity index (χ2v) is 9.06. The Hall–Kier alpha value is -3.29. The predicted octanol–water partition coefficient (Wildman–Crippen LogP) is 4.69. The largest absolute Gasteiger partial charge is 0.378 e. The molecule has 2 amide bonds. The number of hydrogen-bond donors (Lipinski definition) is 1. The van der Waals surface area contributed by atoms with E-state index in [-0.39, 0.29) is 23.8 Å². The van der Waals surface area contributed by atoms with E-state index in [9.17, 15) is 9.59 Å². The Labute approximate surface area is 198 Å². The van der Waals surface area contributed by atoms with Gasteiger partial charge in [-0.1, -0.05) is 42.5 Å². The summed E-state index contributed by atoms with van der Waals surface area (Å²) in [5, 5.41) is 2.75. The van der Waals surface area contributed by atoms with Crippen molar-refractivity contribution in [1.82, 2.24) is 0 Å². The number of carbonyl (C=O) groups is 2. The molecule has 1 aliphatic heterocycles. The van der Waals surface area contributed by atoms with Crippen molar-refractivity contribution in [3.63, 3.8) is 0 Å². The molecule has 1 fully saturated rings.